The van der Waals surface area contributed by atoms with Crippen LogP contribution in [0.1, 0.15) is 34.8 Å². The molecule has 160 valence electrons. The minimum Gasteiger partial charge on any atom is -0.319 e. The quantitative estimate of drug-likeness (QED) is 0.477. The van der Waals surface area contributed by atoms with Crippen molar-refractivity contribution in [1.29, 1.82) is 0 Å². The van der Waals surface area contributed by atoms with E-state index >= 15 is 0 Å². The first kappa shape index (κ1) is 20.6. The van der Waals surface area contributed by atoms with Crippen LogP contribution in [0.25, 0.3) is 5.69 Å². The lowest BCUT2D eigenvalue weighted by Crippen LogP contribution is -2.29. The average molecular weight is 427 g/mol. The van der Waals surface area contributed by atoms with E-state index in [9.17, 15) is 23.7 Å². The fourth-order valence-corrected chi connectivity index (χ4v) is 3.75. The average Bonchev–Trinajstić information content (AvgIpc) is 3.21. The molecule has 2 N–H and O–H groups in total. The molecule has 2 aromatic carbocycles. The van der Waals surface area contributed by atoms with Crippen LogP contribution in [0, 0.1) is 21.7 Å². The molecule has 0 aliphatic carbocycles. The van der Waals surface area contributed by atoms with Gasteiger partial charge in [0.25, 0.3) is 11.6 Å². The van der Waals surface area contributed by atoms with Crippen molar-refractivity contribution in [2.75, 3.05) is 18.4 Å². The van der Waals surface area contributed by atoms with E-state index in [1.807, 2.05) is 0 Å². The predicted octanol–water partition coefficient (Wildman–Crippen LogP) is 3.78. The van der Waals surface area contributed by atoms with Gasteiger partial charge in [-0.25, -0.2) is 13.5 Å². The van der Waals surface area contributed by atoms with Crippen molar-refractivity contribution in [2.45, 2.75) is 18.8 Å². The van der Waals surface area contributed by atoms with E-state index in [0.29, 0.717) is 11.4 Å². The second-order valence-electron chi connectivity index (χ2n) is 7.23. The van der Waals surface area contributed by atoms with Crippen molar-refractivity contribution >= 4 is 17.3 Å². The summed E-state index contributed by atoms with van der Waals surface area (Å²) in [5.74, 6) is -1.90. The molecule has 1 aliphatic rings. The summed E-state index contributed by atoms with van der Waals surface area (Å²) in [4.78, 5) is 23.4. The van der Waals surface area contributed by atoms with Crippen LogP contribution in [0.3, 0.4) is 0 Å². The molecule has 1 aromatic heterocycles. The highest BCUT2D eigenvalue weighted by molar-refractivity contribution is 6.05. The van der Waals surface area contributed by atoms with Gasteiger partial charge in [0, 0.05) is 18.1 Å². The van der Waals surface area contributed by atoms with Crippen molar-refractivity contribution in [2.24, 2.45) is 0 Å². The number of nitrogens with zero attached hydrogens (tertiary/aromatic N) is 3. The van der Waals surface area contributed by atoms with E-state index in [4.69, 9.17) is 0 Å². The third-order valence-corrected chi connectivity index (χ3v) is 5.24. The summed E-state index contributed by atoms with van der Waals surface area (Å²) in [6.07, 6.45) is 2.84. The van der Waals surface area contributed by atoms with Crippen LogP contribution in [0.4, 0.5) is 20.2 Å². The number of nitro groups is 1. The van der Waals surface area contributed by atoms with E-state index in [1.54, 1.807) is 12.1 Å². The van der Waals surface area contributed by atoms with Crippen molar-refractivity contribution in [3.63, 3.8) is 0 Å². The summed E-state index contributed by atoms with van der Waals surface area (Å²) < 4.78 is 29.5. The zero-order chi connectivity index (χ0) is 22.0. The molecule has 2 heterocycles. The lowest BCUT2D eigenvalue weighted by Gasteiger charge is -2.24. The summed E-state index contributed by atoms with van der Waals surface area (Å²) in [7, 11) is 0. The Kier molecular flexibility index (Phi) is 5.72. The zero-order valence-corrected chi connectivity index (χ0v) is 16.3. The number of nitrogens with one attached hydrogen (secondary N) is 2. The summed E-state index contributed by atoms with van der Waals surface area (Å²) in [5, 5.41) is 21.0. The summed E-state index contributed by atoms with van der Waals surface area (Å²) in [5.41, 5.74) is 0.631. The number of hydrogen-bond acceptors (Lipinski definition) is 5. The summed E-state index contributed by atoms with van der Waals surface area (Å²) in [6.45, 7) is 1.50. The Labute approximate surface area is 176 Å². The number of carbonyl (C=O) groups excluding carboxylic acids is 1. The van der Waals surface area contributed by atoms with Crippen molar-refractivity contribution in [1.82, 2.24) is 15.1 Å². The third-order valence-electron chi connectivity index (χ3n) is 5.24. The number of rotatable bonds is 5. The van der Waals surface area contributed by atoms with Crippen LogP contribution in [0.15, 0.2) is 48.7 Å². The number of benzene rings is 2. The number of carbonyl (C=O) groups is 1. The normalized spacial score (nSPS) is 14.4. The Bertz CT molecular complexity index is 1140. The second kappa shape index (κ2) is 8.60. The molecule has 10 heteroatoms. The highest BCUT2D eigenvalue weighted by Gasteiger charge is 2.27. The van der Waals surface area contributed by atoms with Gasteiger partial charge in [-0.05, 0) is 50.2 Å². The molecule has 0 atom stereocenters. The number of nitro benzene ring substituents is 1. The Morgan fingerprint density at radius 2 is 1.97 bits per heavy atom. The lowest BCUT2D eigenvalue weighted by atomic mass is 9.91. The molecule has 8 nitrogen and oxygen atoms in total. The molecule has 0 spiro atoms. The molecule has 1 aliphatic heterocycles. The van der Waals surface area contributed by atoms with Gasteiger partial charge in [0.2, 0.25) is 0 Å². The van der Waals surface area contributed by atoms with E-state index in [1.165, 1.54) is 23.0 Å². The van der Waals surface area contributed by atoms with Crippen LogP contribution in [0.2, 0.25) is 0 Å². The Morgan fingerprint density at radius 3 is 2.68 bits per heavy atom. The van der Waals surface area contributed by atoms with Crippen LogP contribution < -0.4 is 10.6 Å². The zero-order valence-electron chi connectivity index (χ0n) is 16.3. The van der Waals surface area contributed by atoms with Crippen LogP contribution in [0.5, 0.6) is 0 Å². The molecular weight excluding hydrogens is 408 g/mol. The number of hydrogen-bond donors (Lipinski definition) is 2. The van der Waals surface area contributed by atoms with Crippen molar-refractivity contribution in [3.8, 4) is 5.69 Å². The van der Waals surface area contributed by atoms with Crippen molar-refractivity contribution in [3.05, 3.63) is 81.7 Å². The van der Waals surface area contributed by atoms with Gasteiger partial charge in [0.05, 0.1) is 33.8 Å². The molecule has 1 amide bonds. The maximum absolute atomic E-state index is 14.2. The molecule has 0 radical (unpaired) electrons. The van der Waals surface area contributed by atoms with Gasteiger partial charge in [-0.15, -0.1) is 0 Å². The SMILES string of the molecule is O=C(Nc1cc([N+](=O)[O-])ccc1F)c1cnn(-c2cccc(F)c2)c1C1CCNCC1. The molecular formula is C21H19F2N5O3. The van der Waals surface area contributed by atoms with E-state index < -0.39 is 22.5 Å². The fraction of sp³-hybridized carbons (Fsp3) is 0.238. The van der Waals surface area contributed by atoms with Crippen LogP contribution >= 0.6 is 0 Å². The van der Waals surface area contributed by atoms with Gasteiger partial charge in [0.15, 0.2) is 0 Å². The maximum Gasteiger partial charge on any atom is 0.271 e. The van der Waals surface area contributed by atoms with Gasteiger partial charge in [-0.2, -0.15) is 5.10 Å². The third kappa shape index (κ3) is 4.29. The number of halogens is 2. The van der Waals surface area contributed by atoms with Gasteiger partial charge in [-0.1, -0.05) is 6.07 Å². The Balaban J connectivity index is 1.73. The molecule has 3 aromatic rings. The van der Waals surface area contributed by atoms with Crippen LogP contribution in [-0.4, -0.2) is 33.7 Å². The largest absolute Gasteiger partial charge is 0.319 e. The topological polar surface area (TPSA) is 102 Å². The van der Waals surface area contributed by atoms with Gasteiger partial charge < -0.3 is 10.6 Å². The first-order chi connectivity index (χ1) is 14.9. The molecule has 0 saturated carbocycles. The first-order valence-corrected chi connectivity index (χ1v) is 9.74. The highest BCUT2D eigenvalue weighted by Crippen LogP contribution is 2.31. The molecule has 1 fully saturated rings. The predicted molar refractivity (Wildman–Crippen MR) is 109 cm³/mol. The monoisotopic (exact) mass is 427 g/mol. The standard InChI is InChI=1S/C21H19F2N5O3/c22-14-2-1-3-15(10-14)27-20(13-6-8-24-9-7-13)17(12-25-27)21(29)26-19-11-16(28(30)31)4-5-18(19)23/h1-5,10-13,24H,6-9H2,(H,26,29). The fourth-order valence-electron chi connectivity index (χ4n) is 3.75. The molecule has 31 heavy (non-hydrogen) atoms. The van der Waals surface area contributed by atoms with E-state index in [0.717, 1.165) is 44.1 Å². The van der Waals surface area contributed by atoms with Gasteiger partial charge >= 0.3 is 0 Å². The maximum atomic E-state index is 14.2. The van der Waals surface area contributed by atoms with Crippen LogP contribution in [-0.2, 0) is 0 Å². The van der Waals surface area contributed by atoms with Gasteiger partial charge in [-0.3, -0.25) is 14.9 Å². The number of amides is 1. The lowest BCUT2D eigenvalue weighted by molar-refractivity contribution is -0.384. The Hall–Kier alpha value is -3.66. The molecule has 1 saturated heterocycles. The minimum atomic E-state index is -0.792. The number of piperidine rings is 1. The van der Waals surface area contributed by atoms with E-state index in [2.05, 4.69) is 15.7 Å². The number of anilines is 1. The molecule has 4 rings (SSSR count). The molecule has 0 bridgehead atoms. The van der Waals surface area contributed by atoms with Gasteiger partial charge in [0.1, 0.15) is 11.6 Å². The Morgan fingerprint density at radius 1 is 1.19 bits per heavy atom. The smallest absolute Gasteiger partial charge is 0.271 e. The summed E-state index contributed by atoms with van der Waals surface area (Å²) in [6, 6.07) is 8.79. The highest BCUT2D eigenvalue weighted by atomic mass is 19.1. The number of aromatic nitrogens is 2. The van der Waals surface area contributed by atoms with Crippen molar-refractivity contribution < 1.29 is 18.5 Å². The summed E-state index contributed by atoms with van der Waals surface area (Å²) >= 11 is 0. The van der Waals surface area contributed by atoms with E-state index in [-0.39, 0.29) is 22.9 Å². The number of non-ortho nitro benzene ring substituents is 1. The minimum absolute atomic E-state index is 0.0253. The molecule has 0 unspecified atom stereocenters. The second-order valence-corrected chi connectivity index (χ2v) is 7.23. The first-order valence-electron chi connectivity index (χ1n) is 9.74.